The number of guanidine groups is 1. The maximum Gasteiger partial charge on any atom is 0.280 e. The van der Waals surface area contributed by atoms with Crippen LogP contribution in [0.4, 0.5) is 0 Å². The van der Waals surface area contributed by atoms with Crippen LogP contribution in [-0.4, -0.2) is 66.3 Å². The molecule has 1 amide bonds. The molecule has 0 spiro atoms. The van der Waals surface area contributed by atoms with Crippen molar-refractivity contribution in [2.24, 2.45) is 4.99 Å². The summed E-state index contributed by atoms with van der Waals surface area (Å²) < 4.78 is 11.0. The van der Waals surface area contributed by atoms with Crippen molar-refractivity contribution in [2.75, 3.05) is 27.3 Å². The minimum absolute atomic E-state index is 0.0396. The highest BCUT2D eigenvalue weighted by molar-refractivity contribution is 6.09. The first kappa shape index (κ1) is 22.7. The van der Waals surface area contributed by atoms with Crippen LogP contribution in [0.25, 0.3) is 0 Å². The highest BCUT2D eigenvalue weighted by Crippen LogP contribution is 2.34. The number of ether oxygens (including phenoxy) is 2. The molecule has 0 radical (unpaired) electrons. The lowest BCUT2D eigenvalue weighted by molar-refractivity contribution is -0.127. The fourth-order valence-electron chi connectivity index (χ4n) is 4.91. The number of fused-ring (bicyclic) bond motifs is 2. The van der Waals surface area contributed by atoms with Gasteiger partial charge in [0.1, 0.15) is 23.3 Å². The molecular weight excluding hydrogens is 444 g/mol. The molecule has 0 saturated heterocycles. The molecule has 2 aromatic carbocycles. The molecule has 2 aromatic rings. The Hall–Kier alpha value is -4.03. The van der Waals surface area contributed by atoms with Crippen LogP contribution in [-0.2, 0) is 22.5 Å². The molecule has 0 aromatic heterocycles. The van der Waals surface area contributed by atoms with Crippen LogP contribution in [0.15, 0.2) is 65.0 Å². The molecule has 3 aliphatic rings. The van der Waals surface area contributed by atoms with E-state index in [2.05, 4.69) is 28.4 Å². The monoisotopic (exact) mass is 472 g/mol. The Kier molecular flexibility index (Phi) is 6.05. The van der Waals surface area contributed by atoms with Crippen molar-refractivity contribution in [3.63, 3.8) is 0 Å². The summed E-state index contributed by atoms with van der Waals surface area (Å²) in [6.45, 7) is 3.53. The number of carbonyl (C=O) groups is 1. The predicted molar refractivity (Wildman–Crippen MR) is 130 cm³/mol. The number of methoxy groups -OCH3 is 2. The van der Waals surface area contributed by atoms with Gasteiger partial charge in [0.05, 0.1) is 25.3 Å². The summed E-state index contributed by atoms with van der Waals surface area (Å²) in [6, 6.07) is 17.9. The molecular formula is C26H28N6O3. The van der Waals surface area contributed by atoms with Gasteiger partial charge in [-0.3, -0.25) is 14.6 Å². The van der Waals surface area contributed by atoms with Gasteiger partial charge in [-0.15, -0.1) is 0 Å². The van der Waals surface area contributed by atoms with Crippen LogP contribution >= 0.6 is 0 Å². The molecule has 35 heavy (non-hydrogen) atoms. The lowest BCUT2D eigenvalue weighted by atomic mass is 10.1. The van der Waals surface area contributed by atoms with E-state index in [1.54, 1.807) is 31.3 Å². The predicted octanol–water partition coefficient (Wildman–Crippen LogP) is 2.22. The molecule has 180 valence electrons. The summed E-state index contributed by atoms with van der Waals surface area (Å²) >= 11 is 0. The van der Waals surface area contributed by atoms with Crippen LogP contribution in [0.1, 0.15) is 23.6 Å². The summed E-state index contributed by atoms with van der Waals surface area (Å²) in [4.78, 5) is 24.3. The van der Waals surface area contributed by atoms with Crippen molar-refractivity contribution in [1.82, 2.24) is 20.0 Å². The molecule has 1 unspecified atom stereocenters. The van der Waals surface area contributed by atoms with E-state index in [1.165, 1.54) is 5.56 Å². The highest BCUT2D eigenvalue weighted by atomic mass is 16.5. The fourth-order valence-corrected chi connectivity index (χ4v) is 4.91. The molecule has 2 atom stereocenters. The number of benzene rings is 2. The third-order valence-corrected chi connectivity index (χ3v) is 6.54. The van der Waals surface area contributed by atoms with Crippen LogP contribution in [0.3, 0.4) is 0 Å². The van der Waals surface area contributed by atoms with Crippen LogP contribution < -0.4 is 10.1 Å². The number of likely N-dealkylation sites (N-methyl/N-ethyl adjacent to an activating group) is 1. The van der Waals surface area contributed by atoms with Crippen molar-refractivity contribution < 1.29 is 14.3 Å². The van der Waals surface area contributed by atoms with Gasteiger partial charge in [0.15, 0.2) is 0 Å². The number of nitriles is 1. The molecule has 0 fully saturated rings. The zero-order valence-corrected chi connectivity index (χ0v) is 20.1. The Labute approximate surface area is 204 Å². The number of nitrogens with one attached hydrogen (secondary N) is 1. The van der Waals surface area contributed by atoms with Gasteiger partial charge in [-0.1, -0.05) is 36.4 Å². The van der Waals surface area contributed by atoms with Gasteiger partial charge in [0.2, 0.25) is 12.3 Å². The van der Waals surface area contributed by atoms with Crippen LogP contribution in [0, 0.1) is 11.3 Å². The Bertz CT molecular complexity index is 1240. The molecule has 9 heteroatoms. The maximum absolute atomic E-state index is 13.7. The average molecular weight is 473 g/mol. The lowest BCUT2D eigenvalue weighted by Crippen LogP contribution is -2.52. The van der Waals surface area contributed by atoms with Gasteiger partial charge < -0.3 is 19.7 Å². The van der Waals surface area contributed by atoms with Gasteiger partial charge in [-0.25, -0.2) is 4.99 Å². The number of hydrogen-bond donors (Lipinski definition) is 1. The number of carbonyl (C=O) groups excluding carboxylic acids is 1. The second kappa shape index (κ2) is 9.31. The highest BCUT2D eigenvalue weighted by Gasteiger charge is 2.48. The second-order valence-electron chi connectivity index (χ2n) is 8.64. The van der Waals surface area contributed by atoms with E-state index in [0.717, 1.165) is 17.8 Å². The fraction of sp³-hybridized carbons (Fsp3) is 0.346. The van der Waals surface area contributed by atoms with E-state index in [0.29, 0.717) is 42.6 Å². The Balaban J connectivity index is 1.47. The normalized spacial score (nSPS) is 20.9. The van der Waals surface area contributed by atoms with Crippen molar-refractivity contribution in [1.29, 1.82) is 5.26 Å². The largest absolute Gasteiger partial charge is 0.495 e. The van der Waals surface area contributed by atoms with E-state index in [9.17, 15) is 10.1 Å². The zero-order chi connectivity index (χ0) is 24.5. The minimum atomic E-state index is -0.525. The SMILES string of the molecule is CCN1C(=O)C2=C(NC(OC)N2Cc2ccc(OC)c(C#N)c2)N2C[C@@H](Cc3ccccc3)N=C12. The third-order valence-electron chi connectivity index (χ3n) is 6.54. The molecule has 0 bridgehead atoms. The Morgan fingerprint density at radius 3 is 2.66 bits per heavy atom. The van der Waals surface area contributed by atoms with Gasteiger partial charge in [0, 0.05) is 20.2 Å². The van der Waals surface area contributed by atoms with Crippen molar-refractivity contribution in [3.8, 4) is 11.8 Å². The minimum Gasteiger partial charge on any atom is -0.495 e. The molecule has 9 nitrogen and oxygen atoms in total. The first-order chi connectivity index (χ1) is 17.1. The first-order valence-electron chi connectivity index (χ1n) is 11.7. The standard InChI is InChI=1S/C26H28N6O3/c1-4-30-24(33)22-23(32-16-20(28-25(30)32)13-17-8-6-5-7-9-17)29-26(35-3)31(22)15-18-10-11-21(34-2)19(12-18)14-27/h5-12,20,26,29H,4,13,15-16H2,1-3H3/t20-,26?/m1/s1. The third kappa shape index (κ3) is 3.96. The molecule has 3 heterocycles. The van der Waals surface area contributed by atoms with Crippen LogP contribution in [0.2, 0.25) is 0 Å². The lowest BCUT2D eigenvalue weighted by Gasteiger charge is -2.35. The van der Waals surface area contributed by atoms with E-state index >= 15 is 0 Å². The Morgan fingerprint density at radius 1 is 1.17 bits per heavy atom. The molecule has 3 aliphatic heterocycles. The summed E-state index contributed by atoms with van der Waals surface area (Å²) in [6.07, 6.45) is 0.276. The number of aliphatic imine (C=N–C) groups is 1. The quantitative estimate of drug-likeness (QED) is 0.660. The van der Waals surface area contributed by atoms with Crippen molar-refractivity contribution in [2.45, 2.75) is 32.3 Å². The van der Waals surface area contributed by atoms with Gasteiger partial charge in [-0.2, -0.15) is 5.26 Å². The Morgan fingerprint density at radius 2 is 1.97 bits per heavy atom. The molecule has 0 saturated carbocycles. The van der Waals surface area contributed by atoms with Crippen LogP contribution in [0.5, 0.6) is 5.75 Å². The molecule has 1 N–H and O–H groups in total. The zero-order valence-electron chi connectivity index (χ0n) is 20.1. The van der Waals surface area contributed by atoms with Crippen molar-refractivity contribution in [3.05, 3.63) is 76.7 Å². The number of nitrogens with zero attached hydrogens (tertiary/aromatic N) is 5. The van der Waals surface area contributed by atoms with Crippen molar-refractivity contribution >= 4 is 11.9 Å². The first-order valence-corrected chi connectivity index (χ1v) is 11.7. The summed E-state index contributed by atoms with van der Waals surface area (Å²) in [5, 5.41) is 12.9. The van der Waals surface area contributed by atoms with E-state index in [1.807, 2.05) is 36.1 Å². The molecule has 0 aliphatic carbocycles. The van der Waals surface area contributed by atoms with Gasteiger partial charge in [0.25, 0.3) is 5.91 Å². The maximum atomic E-state index is 13.7. The average Bonchev–Trinajstić information content (AvgIpc) is 3.46. The van der Waals surface area contributed by atoms with E-state index < -0.39 is 6.35 Å². The number of amides is 1. The summed E-state index contributed by atoms with van der Waals surface area (Å²) in [7, 11) is 3.15. The second-order valence-corrected chi connectivity index (χ2v) is 8.64. The van der Waals surface area contributed by atoms with Gasteiger partial charge >= 0.3 is 0 Å². The smallest absolute Gasteiger partial charge is 0.280 e. The number of hydrogen-bond acceptors (Lipinski definition) is 8. The number of rotatable bonds is 7. The van der Waals surface area contributed by atoms with Gasteiger partial charge in [-0.05, 0) is 36.6 Å². The van der Waals surface area contributed by atoms with E-state index in [-0.39, 0.29) is 11.9 Å². The summed E-state index contributed by atoms with van der Waals surface area (Å²) in [5.74, 6) is 1.80. The van der Waals surface area contributed by atoms with E-state index in [4.69, 9.17) is 14.5 Å². The summed E-state index contributed by atoms with van der Waals surface area (Å²) in [5.41, 5.74) is 3.09. The molecule has 5 rings (SSSR count). The topological polar surface area (TPSA) is 93.4 Å².